The molecule has 0 aliphatic carbocycles. The molecule has 2 aliphatic heterocycles. The fourth-order valence-electron chi connectivity index (χ4n) is 4.76. The normalized spacial score (nSPS) is 35.4. The van der Waals surface area contributed by atoms with Gasteiger partial charge < -0.3 is 28.4 Å². The van der Waals surface area contributed by atoms with Crippen molar-refractivity contribution in [1.82, 2.24) is 4.72 Å². The molecule has 0 bridgehead atoms. The highest BCUT2D eigenvalue weighted by molar-refractivity contribution is 7.78. The van der Waals surface area contributed by atoms with Gasteiger partial charge in [-0.25, -0.2) is 9.78 Å². The number of unbranched alkanes of at least 4 members (excludes halogenated alkanes) is 1. The number of carbonyl (C=O) groups is 3. The number of nitrogens with one attached hydrogen (secondary N) is 1. The van der Waals surface area contributed by atoms with E-state index >= 15 is 0 Å². The molecule has 10 atom stereocenters. The molecule has 38 heavy (non-hydrogen) atoms. The van der Waals surface area contributed by atoms with Crippen LogP contribution in [0.1, 0.15) is 67.7 Å². The zero-order valence-corrected chi connectivity index (χ0v) is 24.4. The molecule has 2 saturated heterocycles. The minimum absolute atomic E-state index is 0.0687. The summed E-state index contributed by atoms with van der Waals surface area (Å²) in [5.41, 5.74) is 0. The molecule has 10 unspecified atom stereocenters. The summed E-state index contributed by atoms with van der Waals surface area (Å²) in [4.78, 5) is 45.6. The number of hydrogen-bond acceptors (Lipinski definition) is 11. The molecule has 0 radical (unpaired) electrons. The van der Waals surface area contributed by atoms with Gasteiger partial charge in [-0.05, 0) is 24.7 Å². The average Bonchev–Trinajstić information content (AvgIpc) is 2.87. The zero-order valence-electron chi connectivity index (χ0n) is 23.5. The summed E-state index contributed by atoms with van der Waals surface area (Å²) in [7, 11) is 0. The van der Waals surface area contributed by atoms with Crippen LogP contribution in [0.2, 0.25) is 0 Å². The van der Waals surface area contributed by atoms with Crippen LogP contribution in [0.5, 0.6) is 0 Å². The van der Waals surface area contributed by atoms with Gasteiger partial charge in [-0.15, -0.1) is 0 Å². The summed E-state index contributed by atoms with van der Waals surface area (Å²) in [5.74, 6) is -0.608. The third-order valence-corrected chi connectivity index (χ3v) is 8.04. The highest BCUT2D eigenvalue weighted by Gasteiger charge is 2.45. The number of hydrogen-bond donors (Lipinski definition) is 2. The Bertz CT molecular complexity index is 770. The summed E-state index contributed by atoms with van der Waals surface area (Å²) < 4.78 is 31.2. The summed E-state index contributed by atoms with van der Waals surface area (Å²) >= 11 is 3.75. The van der Waals surface area contributed by atoms with Crippen molar-refractivity contribution in [3.8, 4) is 0 Å². The van der Waals surface area contributed by atoms with Crippen molar-refractivity contribution >= 4 is 30.7 Å². The molecular weight excluding hydrogens is 518 g/mol. The highest BCUT2D eigenvalue weighted by Crippen LogP contribution is 2.37. The average molecular weight is 564 g/mol. The van der Waals surface area contributed by atoms with Crippen molar-refractivity contribution in [2.75, 3.05) is 19.8 Å². The molecule has 2 aliphatic rings. The van der Waals surface area contributed by atoms with E-state index in [2.05, 4.69) is 38.3 Å². The molecule has 2 fully saturated rings. The third kappa shape index (κ3) is 9.63. The minimum Gasteiger partial charge on any atom is -0.463 e. The lowest BCUT2D eigenvalue weighted by atomic mass is 9.79. The Labute approximate surface area is 231 Å². The predicted molar refractivity (Wildman–Crippen MR) is 139 cm³/mol. The number of esters is 2. The van der Waals surface area contributed by atoms with Crippen LogP contribution in [0, 0.1) is 29.6 Å². The fourth-order valence-corrected chi connectivity index (χ4v) is 4.87. The number of ether oxygens (including phenoxy) is 5. The Kier molecular flexibility index (Phi) is 13.8. The minimum atomic E-state index is -0.755. The summed E-state index contributed by atoms with van der Waals surface area (Å²) in [5, 5.41) is 0. The van der Waals surface area contributed by atoms with E-state index in [1.807, 2.05) is 13.8 Å². The van der Waals surface area contributed by atoms with E-state index in [0.717, 1.165) is 6.42 Å². The third-order valence-electron chi connectivity index (χ3n) is 7.79. The smallest absolute Gasteiger partial charge is 0.303 e. The molecule has 2 heterocycles. The van der Waals surface area contributed by atoms with E-state index in [4.69, 9.17) is 33.5 Å². The second kappa shape index (κ2) is 16.0. The van der Waals surface area contributed by atoms with Crippen LogP contribution in [0.4, 0.5) is 0 Å². The summed E-state index contributed by atoms with van der Waals surface area (Å²) in [6.45, 7) is 13.5. The lowest BCUT2D eigenvalue weighted by Crippen LogP contribution is -2.53. The number of carbonyl (C=O) groups excluding carboxylic acids is 3. The van der Waals surface area contributed by atoms with Crippen LogP contribution in [-0.2, 0) is 47.8 Å². The first kappa shape index (κ1) is 32.8. The fraction of sp³-hybridized carbons (Fsp3) is 0.885. The van der Waals surface area contributed by atoms with Gasteiger partial charge in [-0.3, -0.25) is 14.4 Å². The van der Waals surface area contributed by atoms with Gasteiger partial charge in [0.1, 0.15) is 25.4 Å². The first-order valence-corrected chi connectivity index (χ1v) is 13.8. The second-order valence-corrected chi connectivity index (χ2v) is 10.7. The molecule has 12 heteroatoms. The Balaban J connectivity index is 1.90. The molecule has 11 nitrogen and oxygen atoms in total. The van der Waals surface area contributed by atoms with Crippen molar-refractivity contribution in [2.45, 2.75) is 98.6 Å². The lowest BCUT2D eigenvalue weighted by molar-refractivity contribution is -0.425. The predicted octanol–water partition coefficient (Wildman–Crippen LogP) is 3.21. The van der Waals surface area contributed by atoms with Gasteiger partial charge in [0.2, 0.25) is 5.91 Å². The van der Waals surface area contributed by atoms with E-state index < -0.39 is 36.7 Å². The maximum absolute atomic E-state index is 11.6. The molecule has 2 rings (SSSR count). The molecule has 0 aromatic carbocycles. The van der Waals surface area contributed by atoms with Crippen molar-refractivity contribution in [3.63, 3.8) is 0 Å². The monoisotopic (exact) mass is 563 g/mol. The van der Waals surface area contributed by atoms with Gasteiger partial charge in [-0.2, -0.15) is 0 Å². The highest BCUT2D eigenvalue weighted by atomic mass is 32.1. The van der Waals surface area contributed by atoms with Gasteiger partial charge >= 0.3 is 11.9 Å². The van der Waals surface area contributed by atoms with Crippen molar-refractivity contribution in [2.24, 2.45) is 29.6 Å². The van der Waals surface area contributed by atoms with Crippen LogP contribution in [0.25, 0.3) is 0 Å². The van der Waals surface area contributed by atoms with Crippen LogP contribution in [0.15, 0.2) is 0 Å². The van der Waals surface area contributed by atoms with Crippen molar-refractivity contribution < 1.29 is 47.8 Å². The van der Waals surface area contributed by atoms with Gasteiger partial charge in [0.25, 0.3) is 0 Å². The first-order chi connectivity index (χ1) is 18.0. The van der Waals surface area contributed by atoms with Gasteiger partial charge in [0.15, 0.2) is 12.6 Å². The molecule has 0 aromatic rings. The molecule has 0 aromatic heterocycles. The summed E-state index contributed by atoms with van der Waals surface area (Å²) in [6, 6.07) is 0. The zero-order chi connectivity index (χ0) is 28.4. The topological polar surface area (TPSA) is 128 Å². The van der Waals surface area contributed by atoms with Crippen LogP contribution < -0.4 is 4.72 Å². The Morgan fingerprint density at radius 2 is 1.45 bits per heavy atom. The number of amides is 1. The van der Waals surface area contributed by atoms with E-state index in [0.29, 0.717) is 25.4 Å². The van der Waals surface area contributed by atoms with Crippen LogP contribution in [0.3, 0.4) is 0 Å². The Morgan fingerprint density at radius 3 is 2.08 bits per heavy atom. The molecule has 0 spiro atoms. The van der Waals surface area contributed by atoms with Crippen LogP contribution in [-0.4, -0.2) is 68.6 Å². The van der Waals surface area contributed by atoms with E-state index in [1.165, 1.54) is 13.8 Å². The molecule has 220 valence electrons. The Morgan fingerprint density at radius 1 is 0.789 bits per heavy atom. The van der Waals surface area contributed by atoms with E-state index in [9.17, 15) is 14.4 Å². The van der Waals surface area contributed by atoms with Crippen molar-refractivity contribution in [1.29, 1.82) is 0 Å². The Hall–Kier alpha value is -1.44. The maximum Gasteiger partial charge on any atom is 0.303 e. The van der Waals surface area contributed by atoms with Crippen LogP contribution >= 0.6 is 12.8 Å². The van der Waals surface area contributed by atoms with Gasteiger partial charge in [-0.1, -0.05) is 47.4 Å². The van der Waals surface area contributed by atoms with E-state index in [1.54, 1.807) is 0 Å². The standard InChI is InChI=1S/C26H45NO10S/c1-14-15(2)21(35-25(17(14)4)31-11-9-8-10-23(30)27-38)13-33-37-26-18(5)16(3)24(34-20(7)29)22(36-26)12-32-19(6)28/h14-18,21-22,24-26,38H,8-13H2,1-7H3,(H,27,30). The SMILES string of the molecule is CC(=O)OCC1OC(OOCC2OC(OCCCCC(=O)NS)C(C)C(C)C2C)C(C)C(C)C1OC(C)=O. The molecule has 0 saturated carbocycles. The van der Waals surface area contributed by atoms with Gasteiger partial charge in [0, 0.05) is 44.6 Å². The lowest BCUT2D eigenvalue weighted by Gasteiger charge is -2.44. The quantitative estimate of drug-likeness (QED) is 0.113. The largest absolute Gasteiger partial charge is 0.463 e. The number of thiol groups is 1. The number of rotatable bonds is 13. The molecular formula is C26H45NO10S. The van der Waals surface area contributed by atoms with Crippen molar-refractivity contribution in [3.05, 3.63) is 0 Å². The second-order valence-electron chi connectivity index (χ2n) is 10.5. The molecule has 1 amide bonds. The molecule has 1 N–H and O–H groups in total. The first-order valence-electron chi connectivity index (χ1n) is 13.4. The van der Waals surface area contributed by atoms with Gasteiger partial charge in [0.05, 0.1) is 6.10 Å². The maximum atomic E-state index is 11.6. The van der Waals surface area contributed by atoms with E-state index in [-0.39, 0.29) is 48.9 Å². The summed E-state index contributed by atoms with van der Waals surface area (Å²) in [6.07, 6.45) is -0.845.